The van der Waals surface area contributed by atoms with Crippen molar-refractivity contribution < 1.29 is 19.8 Å². The predicted octanol–water partition coefficient (Wildman–Crippen LogP) is 1.29. The van der Waals surface area contributed by atoms with E-state index in [4.69, 9.17) is 4.74 Å². The molecule has 3 N–H and O–H groups in total. The summed E-state index contributed by atoms with van der Waals surface area (Å²) in [5.41, 5.74) is 0.188. The van der Waals surface area contributed by atoms with Gasteiger partial charge in [0.05, 0.1) is 23.3 Å². The minimum atomic E-state index is -0.512. The van der Waals surface area contributed by atoms with Crippen LogP contribution in [0.15, 0.2) is 18.2 Å². The summed E-state index contributed by atoms with van der Waals surface area (Å²) in [6.45, 7) is 6.40. The fourth-order valence-electron chi connectivity index (χ4n) is 1.62. The summed E-state index contributed by atoms with van der Waals surface area (Å²) in [5.74, 6) is 0.166. The van der Waals surface area contributed by atoms with Gasteiger partial charge in [0.15, 0.2) is 6.54 Å². The molecule has 0 atom stereocenters. The molecule has 7 heteroatoms. The highest BCUT2D eigenvalue weighted by Gasteiger charge is 2.20. The molecule has 21 heavy (non-hydrogen) atoms. The van der Waals surface area contributed by atoms with E-state index in [1.807, 2.05) is 19.2 Å². The van der Waals surface area contributed by atoms with Gasteiger partial charge >= 0.3 is 0 Å². The minimum absolute atomic E-state index is 0.0237. The lowest BCUT2D eigenvalue weighted by Crippen LogP contribution is -2.96. The zero-order valence-corrected chi connectivity index (χ0v) is 12.8. The third kappa shape index (κ3) is 5.03. The van der Waals surface area contributed by atoms with E-state index in [-0.39, 0.29) is 23.7 Å². The summed E-state index contributed by atoms with van der Waals surface area (Å²) < 4.78 is 5.10. The molecule has 0 saturated carbocycles. The number of methoxy groups -OCH3 is 1. The van der Waals surface area contributed by atoms with Crippen LogP contribution in [0.25, 0.3) is 0 Å². The average molecular weight is 296 g/mol. The normalized spacial score (nSPS) is 11.0. The number of hydrogen-bond acceptors (Lipinski definition) is 4. The molecule has 1 aromatic carbocycles. The van der Waals surface area contributed by atoms with Crippen molar-refractivity contribution in [2.75, 3.05) is 19.0 Å². The number of hydrogen-bond donors (Lipinski definition) is 2. The first kappa shape index (κ1) is 16.9. The number of rotatable bonds is 7. The van der Waals surface area contributed by atoms with Gasteiger partial charge in [-0.25, -0.2) is 0 Å². The van der Waals surface area contributed by atoms with Gasteiger partial charge in [0.2, 0.25) is 0 Å². The van der Waals surface area contributed by atoms with E-state index in [1.165, 1.54) is 25.3 Å². The summed E-state index contributed by atoms with van der Waals surface area (Å²) in [6, 6.07) is 4.09. The Morgan fingerprint density at radius 1 is 1.48 bits per heavy atom. The third-order valence-electron chi connectivity index (χ3n) is 3.42. The average Bonchev–Trinajstić information content (AvgIpc) is 2.45. The maximum absolute atomic E-state index is 12.0. The maximum atomic E-state index is 12.0. The van der Waals surface area contributed by atoms with Gasteiger partial charge < -0.3 is 15.4 Å². The highest BCUT2D eigenvalue weighted by atomic mass is 16.6. The second kappa shape index (κ2) is 7.03. The number of nitrogens with two attached hydrogens (primary N) is 1. The smallest absolute Gasteiger partial charge is 0.279 e. The van der Waals surface area contributed by atoms with Crippen LogP contribution < -0.4 is 15.4 Å². The molecule has 0 aromatic heterocycles. The molecule has 1 rings (SSSR count). The predicted molar refractivity (Wildman–Crippen MR) is 79.4 cm³/mol. The molecule has 0 heterocycles. The van der Waals surface area contributed by atoms with Crippen molar-refractivity contribution in [2.24, 2.45) is 0 Å². The van der Waals surface area contributed by atoms with Crippen LogP contribution in [0.3, 0.4) is 0 Å². The van der Waals surface area contributed by atoms with Crippen LogP contribution in [0.2, 0.25) is 0 Å². The fraction of sp³-hybridized carbons (Fsp3) is 0.500. The number of carbonyl (C=O) groups excluding carboxylic acids is 1. The molecule has 0 saturated heterocycles. The molecule has 0 bridgehead atoms. The number of amides is 1. The lowest BCUT2D eigenvalue weighted by Gasteiger charge is -2.20. The first-order valence-electron chi connectivity index (χ1n) is 6.75. The van der Waals surface area contributed by atoms with Gasteiger partial charge in [-0.05, 0) is 26.3 Å². The topological polar surface area (TPSA) is 98.1 Å². The number of carbonyl (C=O) groups is 1. The monoisotopic (exact) mass is 296 g/mol. The van der Waals surface area contributed by atoms with Crippen LogP contribution in [0.1, 0.15) is 27.2 Å². The van der Waals surface area contributed by atoms with Gasteiger partial charge in [-0.3, -0.25) is 14.9 Å². The van der Waals surface area contributed by atoms with Crippen molar-refractivity contribution in [3.05, 3.63) is 28.3 Å². The highest BCUT2D eigenvalue weighted by Crippen LogP contribution is 2.28. The van der Waals surface area contributed by atoms with E-state index in [0.29, 0.717) is 11.4 Å². The SMILES string of the molecule is CCC(C)(C)[NH2+]CC(=O)Nc1cc([N+](=O)[O-])ccc1OC. The highest BCUT2D eigenvalue weighted by molar-refractivity contribution is 5.93. The zero-order valence-electron chi connectivity index (χ0n) is 12.8. The van der Waals surface area contributed by atoms with Crippen molar-refractivity contribution in [2.45, 2.75) is 32.7 Å². The molecule has 1 amide bonds. The Bertz CT molecular complexity index is 529. The van der Waals surface area contributed by atoms with Crippen LogP contribution in [0.5, 0.6) is 5.75 Å². The molecule has 0 fully saturated rings. The summed E-state index contributed by atoms with van der Waals surface area (Å²) in [6.07, 6.45) is 0.931. The Morgan fingerprint density at radius 3 is 2.67 bits per heavy atom. The van der Waals surface area contributed by atoms with E-state index < -0.39 is 4.92 Å². The number of ether oxygens (including phenoxy) is 1. The Kier molecular flexibility index (Phi) is 5.66. The van der Waals surface area contributed by atoms with Crippen LogP contribution in [0.4, 0.5) is 11.4 Å². The van der Waals surface area contributed by atoms with Gasteiger partial charge in [0.25, 0.3) is 11.6 Å². The molecule has 0 aliphatic carbocycles. The van der Waals surface area contributed by atoms with Crippen molar-refractivity contribution in [3.63, 3.8) is 0 Å². The van der Waals surface area contributed by atoms with E-state index >= 15 is 0 Å². The second-order valence-electron chi connectivity index (χ2n) is 5.44. The molecule has 0 aliphatic rings. The van der Waals surface area contributed by atoms with Crippen molar-refractivity contribution >= 4 is 17.3 Å². The number of nitro benzene ring substituents is 1. The molecule has 0 aliphatic heterocycles. The molecule has 1 aromatic rings. The van der Waals surface area contributed by atoms with Gasteiger partial charge in [-0.2, -0.15) is 0 Å². The van der Waals surface area contributed by atoms with Crippen molar-refractivity contribution in [1.82, 2.24) is 0 Å². The van der Waals surface area contributed by atoms with E-state index in [9.17, 15) is 14.9 Å². The maximum Gasteiger partial charge on any atom is 0.279 e. The van der Waals surface area contributed by atoms with Crippen LogP contribution >= 0.6 is 0 Å². The fourth-order valence-corrected chi connectivity index (χ4v) is 1.62. The molecule has 0 spiro atoms. The Morgan fingerprint density at radius 2 is 2.14 bits per heavy atom. The summed E-state index contributed by atoms with van der Waals surface area (Å²) in [4.78, 5) is 22.2. The number of quaternary nitrogens is 1. The first-order valence-corrected chi connectivity index (χ1v) is 6.75. The Hall–Kier alpha value is -2.15. The minimum Gasteiger partial charge on any atom is -0.495 e. The van der Waals surface area contributed by atoms with Gasteiger partial charge in [0, 0.05) is 12.1 Å². The number of nitrogens with zero attached hydrogens (tertiary/aromatic N) is 1. The third-order valence-corrected chi connectivity index (χ3v) is 3.42. The number of anilines is 1. The quantitative estimate of drug-likeness (QED) is 0.585. The van der Waals surface area contributed by atoms with Crippen molar-refractivity contribution in [1.29, 1.82) is 0 Å². The van der Waals surface area contributed by atoms with E-state index in [2.05, 4.69) is 12.2 Å². The molecular formula is C14H22N3O4+. The number of nitrogens with one attached hydrogen (secondary N) is 1. The largest absolute Gasteiger partial charge is 0.495 e. The molecule has 0 radical (unpaired) electrons. The molecular weight excluding hydrogens is 274 g/mol. The molecule has 7 nitrogen and oxygen atoms in total. The lowest BCUT2D eigenvalue weighted by molar-refractivity contribution is -0.711. The Balaban J connectivity index is 2.79. The first-order chi connectivity index (χ1) is 9.79. The standard InChI is InChI=1S/C14H21N3O4/c1-5-14(2,3)15-9-13(18)16-11-8-10(17(19)20)6-7-12(11)21-4/h6-8,15H,5,9H2,1-4H3,(H,16,18)/p+1. The number of non-ortho nitro benzene ring substituents is 1. The van der Waals surface area contributed by atoms with E-state index in [1.54, 1.807) is 0 Å². The zero-order chi connectivity index (χ0) is 16.0. The van der Waals surface area contributed by atoms with Crippen LogP contribution in [0, 0.1) is 10.1 Å². The summed E-state index contributed by atoms with van der Waals surface area (Å²) in [7, 11) is 1.45. The summed E-state index contributed by atoms with van der Waals surface area (Å²) >= 11 is 0. The van der Waals surface area contributed by atoms with E-state index in [0.717, 1.165) is 6.42 Å². The number of nitro groups is 1. The second-order valence-corrected chi connectivity index (χ2v) is 5.44. The van der Waals surface area contributed by atoms with Crippen LogP contribution in [-0.2, 0) is 4.79 Å². The van der Waals surface area contributed by atoms with Gasteiger partial charge in [-0.15, -0.1) is 0 Å². The number of benzene rings is 1. The van der Waals surface area contributed by atoms with Gasteiger partial charge in [0.1, 0.15) is 5.75 Å². The van der Waals surface area contributed by atoms with Crippen molar-refractivity contribution in [3.8, 4) is 5.75 Å². The lowest BCUT2D eigenvalue weighted by atomic mass is 10.0. The molecule has 116 valence electrons. The van der Waals surface area contributed by atoms with Gasteiger partial charge in [-0.1, -0.05) is 6.92 Å². The summed E-state index contributed by atoms with van der Waals surface area (Å²) in [5, 5.41) is 15.4. The molecule has 0 unspecified atom stereocenters. The Labute approximate surface area is 123 Å². The van der Waals surface area contributed by atoms with Crippen LogP contribution in [-0.4, -0.2) is 30.0 Å².